The van der Waals surface area contributed by atoms with Gasteiger partial charge in [-0.3, -0.25) is 0 Å². The topological polar surface area (TPSA) is 0 Å². The first kappa shape index (κ1) is 13.5. The van der Waals surface area contributed by atoms with Gasteiger partial charge in [0.05, 0.1) is 0 Å². The maximum Gasteiger partial charge on any atom is 0.0267 e. The van der Waals surface area contributed by atoms with Gasteiger partial charge in [-0.1, -0.05) is 48.6 Å². The zero-order valence-corrected chi connectivity index (χ0v) is 9.52. The summed E-state index contributed by atoms with van der Waals surface area (Å²) in [6.07, 6.45) is 25.9. The minimum Gasteiger partial charge on any atom is -0.120 e. The van der Waals surface area contributed by atoms with E-state index in [2.05, 4.69) is 48.5 Å². The highest BCUT2D eigenvalue weighted by Gasteiger charge is 1.73. The molecular weight excluding hydrogens is 180 g/mol. The van der Waals surface area contributed by atoms with Crippen LogP contribution in [0, 0.1) is 12.3 Å². The summed E-state index contributed by atoms with van der Waals surface area (Å²) in [6, 6.07) is 0. The third-order valence-corrected chi connectivity index (χ3v) is 1.79. The van der Waals surface area contributed by atoms with Crippen LogP contribution in [0.1, 0.15) is 32.6 Å². The lowest BCUT2D eigenvalue weighted by Gasteiger charge is -1.83. The molecule has 80 valence electrons. The van der Waals surface area contributed by atoms with Crippen molar-refractivity contribution in [1.82, 2.24) is 0 Å². The van der Waals surface area contributed by atoms with Crippen LogP contribution in [0.2, 0.25) is 0 Å². The molecule has 0 N–H and O–H groups in total. The Balaban J connectivity index is 3.39. The first-order chi connectivity index (χ1) is 7.41. The Morgan fingerprint density at radius 2 is 1.27 bits per heavy atom. The van der Waals surface area contributed by atoms with Crippen LogP contribution in [0.5, 0.6) is 0 Å². The van der Waals surface area contributed by atoms with E-state index >= 15 is 0 Å². The molecule has 0 aromatic carbocycles. The van der Waals surface area contributed by atoms with Gasteiger partial charge in [0.15, 0.2) is 0 Å². The van der Waals surface area contributed by atoms with Crippen molar-refractivity contribution < 1.29 is 0 Å². The van der Waals surface area contributed by atoms with E-state index in [0.29, 0.717) is 0 Å². The molecule has 0 nitrogen and oxygen atoms in total. The van der Waals surface area contributed by atoms with Gasteiger partial charge in [-0.15, -0.1) is 12.3 Å². The highest BCUT2D eigenvalue weighted by Crippen LogP contribution is 1.93. The predicted octanol–water partition coefficient (Wildman–Crippen LogP) is 4.42. The fourth-order valence-corrected chi connectivity index (χ4v) is 1.00. The standard InChI is InChI=1S/C15H20/c1-3-5-7-9-11-13-15-14-12-10-8-6-4-2/h1,4,6-7,9-10,12-13,15H,5,8,11,14H2,2H3. The van der Waals surface area contributed by atoms with E-state index < -0.39 is 0 Å². The molecule has 0 fully saturated rings. The second kappa shape index (κ2) is 12.5. The SMILES string of the molecule is C#CCC=CCC=CCC=CCC=CC. The van der Waals surface area contributed by atoms with Crippen LogP contribution in [-0.2, 0) is 0 Å². The summed E-state index contributed by atoms with van der Waals surface area (Å²) in [6.45, 7) is 2.04. The molecule has 0 saturated carbocycles. The summed E-state index contributed by atoms with van der Waals surface area (Å²) < 4.78 is 0. The van der Waals surface area contributed by atoms with Crippen molar-refractivity contribution in [2.75, 3.05) is 0 Å². The second-order valence-corrected chi connectivity index (χ2v) is 3.10. The van der Waals surface area contributed by atoms with Crippen LogP contribution in [0.3, 0.4) is 0 Å². The second-order valence-electron chi connectivity index (χ2n) is 3.10. The van der Waals surface area contributed by atoms with Crippen LogP contribution < -0.4 is 0 Å². The zero-order chi connectivity index (χ0) is 11.2. The van der Waals surface area contributed by atoms with Gasteiger partial charge >= 0.3 is 0 Å². The minimum absolute atomic E-state index is 0.733. The average Bonchev–Trinajstić information content (AvgIpc) is 2.26. The molecule has 0 aliphatic rings. The Kier molecular flexibility index (Phi) is 11.3. The van der Waals surface area contributed by atoms with Gasteiger partial charge in [-0.25, -0.2) is 0 Å². The summed E-state index contributed by atoms with van der Waals surface area (Å²) in [5.74, 6) is 2.57. The third kappa shape index (κ3) is 12.5. The monoisotopic (exact) mass is 200 g/mol. The lowest BCUT2D eigenvalue weighted by atomic mass is 10.2. The lowest BCUT2D eigenvalue weighted by Crippen LogP contribution is -1.63. The van der Waals surface area contributed by atoms with Gasteiger partial charge in [-0.05, 0) is 26.2 Å². The van der Waals surface area contributed by atoms with Crippen LogP contribution in [0.4, 0.5) is 0 Å². The van der Waals surface area contributed by atoms with Crippen molar-refractivity contribution in [1.29, 1.82) is 0 Å². The maximum atomic E-state index is 5.11. The highest BCUT2D eigenvalue weighted by atomic mass is 13.8. The van der Waals surface area contributed by atoms with Crippen LogP contribution >= 0.6 is 0 Å². The summed E-state index contributed by atoms with van der Waals surface area (Å²) in [5.41, 5.74) is 0. The summed E-state index contributed by atoms with van der Waals surface area (Å²) in [7, 11) is 0. The Bertz CT molecular complexity index is 269. The number of rotatable bonds is 7. The summed E-state index contributed by atoms with van der Waals surface area (Å²) in [5, 5.41) is 0. The molecule has 0 bridgehead atoms. The van der Waals surface area contributed by atoms with Crippen molar-refractivity contribution in [3.05, 3.63) is 48.6 Å². The molecule has 0 aliphatic heterocycles. The molecule has 0 aromatic heterocycles. The number of hydrogen-bond acceptors (Lipinski definition) is 0. The van der Waals surface area contributed by atoms with Crippen molar-refractivity contribution in [3.63, 3.8) is 0 Å². The minimum atomic E-state index is 0.733. The summed E-state index contributed by atoms with van der Waals surface area (Å²) >= 11 is 0. The van der Waals surface area contributed by atoms with Gasteiger partial charge in [0.25, 0.3) is 0 Å². The van der Waals surface area contributed by atoms with Crippen LogP contribution in [0.25, 0.3) is 0 Å². The van der Waals surface area contributed by atoms with Crippen molar-refractivity contribution in [2.24, 2.45) is 0 Å². The molecule has 0 atom stereocenters. The van der Waals surface area contributed by atoms with Crippen molar-refractivity contribution in [2.45, 2.75) is 32.6 Å². The maximum absolute atomic E-state index is 5.11. The van der Waals surface area contributed by atoms with Gasteiger partial charge in [0.1, 0.15) is 0 Å². The Hall–Kier alpha value is -1.48. The smallest absolute Gasteiger partial charge is 0.0267 e. The Labute approximate surface area is 94.1 Å². The van der Waals surface area contributed by atoms with Gasteiger partial charge in [0.2, 0.25) is 0 Å². The van der Waals surface area contributed by atoms with Crippen LogP contribution in [0.15, 0.2) is 48.6 Å². The van der Waals surface area contributed by atoms with Gasteiger partial charge in [0, 0.05) is 6.42 Å². The van der Waals surface area contributed by atoms with E-state index in [0.717, 1.165) is 25.7 Å². The fraction of sp³-hybridized carbons (Fsp3) is 0.333. The first-order valence-electron chi connectivity index (χ1n) is 5.41. The third-order valence-electron chi connectivity index (χ3n) is 1.79. The molecule has 0 amide bonds. The van der Waals surface area contributed by atoms with Crippen molar-refractivity contribution >= 4 is 0 Å². The molecule has 0 radical (unpaired) electrons. The van der Waals surface area contributed by atoms with E-state index in [9.17, 15) is 0 Å². The van der Waals surface area contributed by atoms with Gasteiger partial charge in [-0.2, -0.15) is 0 Å². The quantitative estimate of drug-likeness (QED) is 0.421. The molecule has 0 heterocycles. The predicted molar refractivity (Wildman–Crippen MR) is 69.5 cm³/mol. The molecule has 0 aliphatic carbocycles. The van der Waals surface area contributed by atoms with Crippen LogP contribution in [-0.4, -0.2) is 0 Å². The first-order valence-corrected chi connectivity index (χ1v) is 5.41. The zero-order valence-electron chi connectivity index (χ0n) is 9.52. The molecule has 15 heavy (non-hydrogen) atoms. The summed E-state index contributed by atoms with van der Waals surface area (Å²) in [4.78, 5) is 0. The number of terminal acetylenes is 1. The normalized spacial score (nSPS) is 12.3. The van der Waals surface area contributed by atoms with E-state index in [-0.39, 0.29) is 0 Å². The molecule has 0 unspecified atom stereocenters. The molecule has 0 rings (SSSR count). The average molecular weight is 200 g/mol. The van der Waals surface area contributed by atoms with E-state index in [1.807, 2.05) is 13.0 Å². The lowest BCUT2D eigenvalue weighted by molar-refractivity contribution is 1.27. The highest BCUT2D eigenvalue weighted by molar-refractivity contribution is 5.01. The largest absolute Gasteiger partial charge is 0.120 e. The number of hydrogen-bond donors (Lipinski definition) is 0. The van der Waals surface area contributed by atoms with Gasteiger partial charge < -0.3 is 0 Å². The molecular formula is C15H20. The van der Waals surface area contributed by atoms with E-state index in [1.165, 1.54) is 0 Å². The molecule has 0 heteroatoms. The molecule has 0 saturated heterocycles. The van der Waals surface area contributed by atoms with Crippen molar-refractivity contribution in [3.8, 4) is 12.3 Å². The fourth-order valence-electron chi connectivity index (χ4n) is 1.00. The van der Waals surface area contributed by atoms with E-state index in [4.69, 9.17) is 6.42 Å². The Morgan fingerprint density at radius 1 is 0.800 bits per heavy atom. The molecule has 0 spiro atoms. The number of allylic oxidation sites excluding steroid dienone is 8. The Morgan fingerprint density at radius 3 is 1.73 bits per heavy atom. The molecule has 0 aromatic rings. The van der Waals surface area contributed by atoms with E-state index in [1.54, 1.807) is 0 Å².